The maximum atomic E-state index is 12.6. The first-order chi connectivity index (χ1) is 14.5. The molecule has 1 aromatic rings. The highest BCUT2D eigenvalue weighted by Crippen LogP contribution is 2.52. The predicted molar refractivity (Wildman–Crippen MR) is 112 cm³/mol. The van der Waals surface area contributed by atoms with E-state index in [-0.39, 0.29) is 29.4 Å². The van der Waals surface area contributed by atoms with Gasteiger partial charge >= 0.3 is 0 Å². The summed E-state index contributed by atoms with van der Waals surface area (Å²) < 4.78 is 0. The maximum absolute atomic E-state index is 12.6. The van der Waals surface area contributed by atoms with Crippen LogP contribution in [0, 0.1) is 23.7 Å². The van der Waals surface area contributed by atoms with Crippen molar-refractivity contribution in [2.45, 2.75) is 32.1 Å². The number of piperazine rings is 1. The molecule has 1 aliphatic heterocycles. The van der Waals surface area contributed by atoms with Crippen LogP contribution in [-0.4, -0.2) is 71.1 Å². The van der Waals surface area contributed by atoms with Crippen LogP contribution in [-0.2, 0) is 9.59 Å². The zero-order chi connectivity index (χ0) is 21.1. The molecule has 2 heterocycles. The first-order valence-corrected chi connectivity index (χ1v) is 11.1. The van der Waals surface area contributed by atoms with Gasteiger partial charge in [0.2, 0.25) is 17.8 Å². The van der Waals surface area contributed by atoms with Crippen molar-refractivity contribution in [2.75, 3.05) is 44.2 Å². The summed E-state index contributed by atoms with van der Waals surface area (Å²) in [5.74, 6) is 0.622. The number of amides is 2. The van der Waals surface area contributed by atoms with Crippen molar-refractivity contribution in [3.05, 3.63) is 12.4 Å². The second kappa shape index (κ2) is 9.16. The first kappa shape index (κ1) is 20.8. The molecule has 2 bridgehead atoms. The van der Waals surface area contributed by atoms with E-state index in [0.717, 1.165) is 64.8 Å². The number of rotatable bonds is 8. The van der Waals surface area contributed by atoms with Gasteiger partial charge in [-0.1, -0.05) is 0 Å². The molecule has 2 saturated carbocycles. The van der Waals surface area contributed by atoms with E-state index in [1.165, 1.54) is 12.4 Å². The number of unbranched alkanes of at least 4 members (excludes halogenated alkanes) is 1. The molecule has 4 atom stereocenters. The summed E-state index contributed by atoms with van der Waals surface area (Å²) in [4.78, 5) is 37.3. The van der Waals surface area contributed by atoms with Gasteiger partial charge in [-0.2, -0.15) is 0 Å². The maximum Gasteiger partial charge on any atom is 0.225 e. The van der Waals surface area contributed by atoms with Gasteiger partial charge in [0.15, 0.2) is 5.75 Å². The molecule has 2 amide bonds. The topological polar surface area (TPSA) is 125 Å². The SMILES string of the molecule is NC(=O)C1C2CCC(C2)C1C(=O)NCCCCN1CCN(c2ncc(O)cn2)CC1. The minimum Gasteiger partial charge on any atom is -0.505 e. The van der Waals surface area contributed by atoms with Gasteiger partial charge in [-0.05, 0) is 50.5 Å². The van der Waals surface area contributed by atoms with E-state index in [2.05, 4.69) is 25.1 Å². The number of carbonyl (C=O) groups is 2. The van der Waals surface area contributed by atoms with Gasteiger partial charge in [-0.25, -0.2) is 9.97 Å². The highest BCUT2D eigenvalue weighted by Gasteiger charge is 2.53. The molecule has 164 valence electrons. The van der Waals surface area contributed by atoms with Crippen molar-refractivity contribution in [1.82, 2.24) is 20.2 Å². The summed E-state index contributed by atoms with van der Waals surface area (Å²) in [5, 5.41) is 12.4. The Morgan fingerprint density at radius 3 is 2.40 bits per heavy atom. The number of hydrogen-bond acceptors (Lipinski definition) is 7. The molecule has 0 radical (unpaired) electrons. The monoisotopic (exact) mass is 416 g/mol. The number of primary amides is 1. The van der Waals surface area contributed by atoms with Gasteiger partial charge in [0.25, 0.3) is 0 Å². The third-order valence-corrected chi connectivity index (χ3v) is 7.03. The van der Waals surface area contributed by atoms with E-state index >= 15 is 0 Å². The van der Waals surface area contributed by atoms with E-state index in [1.807, 2.05) is 0 Å². The third kappa shape index (κ3) is 4.50. The van der Waals surface area contributed by atoms with Crippen LogP contribution in [0.5, 0.6) is 5.75 Å². The number of nitrogens with zero attached hydrogens (tertiary/aromatic N) is 4. The fraction of sp³-hybridized carbons (Fsp3) is 0.714. The highest BCUT2D eigenvalue weighted by atomic mass is 16.3. The fourth-order valence-electron chi connectivity index (χ4n) is 5.52. The summed E-state index contributed by atoms with van der Waals surface area (Å²) in [5.41, 5.74) is 5.58. The van der Waals surface area contributed by atoms with Gasteiger partial charge < -0.3 is 21.1 Å². The lowest BCUT2D eigenvalue weighted by molar-refractivity contribution is -0.135. The number of hydrogen-bond donors (Lipinski definition) is 3. The molecule has 3 aliphatic rings. The third-order valence-electron chi connectivity index (χ3n) is 7.03. The van der Waals surface area contributed by atoms with Gasteiger partial charge in [-0.15, -0.1) is 0 Å². The Labute approximate surface area is 177 Å². The first-order valence-electron chi connectivity index (χ1n) is 11.1. The van der Waals surface area contributed by atoms with Crippen molar-refractivity contribution in [3.8, 4) is 5.75 Å². The summed E-state index contributed by atoms with van der Waals surface area (Å²) >= 11 is 0. The molecule has 9 nitrogen and oxygen atoms in total. The van der Waals surface area contributed by atoms with Gasteiger partial charge in [0, 0.05) is 32.7 Å². The quantitative estimate of drug-likeness (QED) is 0.522. The molecule has 4 rings (SSSR count). The summed E-state index contributed by atoms with van der Waals surface area (Å²) in [6.45, 7) is 5.27. The van der Waals surface area contributed by atoms with Gasteiger partial charge in [-0.3, -0.25) is 14.5 Å². The molecule has 9 heteroatoms. The van der Waals surface area contributed by atoms with Crippen LogP contribution >= 0.6 is 0 Å². The molecule has 1 aromatic heterocycles. The second-order valence-corrected chi connectivity index (χ2v) is 8.86. The Morgan fingerprint density at radius 1 is 1.07 bits per heavy atom. The number of fused-ring (bicyclic) bond motifs is 2. The Bertz CT molecular complexity index is 750. The Balaban J connectivity index is 1.12. The number of carbonyl (C=O) groups excluding carboxylic acids is 2. The normalized spacial score (nSPS) is 28.6. The zero-order valence-corrected chi connectivity index (χ0v) is 17.4. The average molecular weight is 417 g/mol. The van der Waals surface area contributed by atoms with Crippen molar-refractivity contribution >= 4 is 17.8 Å². The van der Waals surface area contributed by atoms with Gasteiger partial charge in [0.1, 0.15) is 0 Å². The van der Waals surface area contributed by atoms with Crippen molar-refractivity contribution in [2.24, 2.45) is 29.4 Å². The van der Waals surface area contributed by atoms with Crippen LogP contribution < -0.4 is 16.0 Å². The Hall–Kier alpha value is -2.42. The van der Waals surface area contributed by atoms with E-state index < -0.39 is 0 Å². The van der Waals surface area contributed by atoms with Crippen molar-refractivity contribution in [1.29, 1.82) is 0 Å². The Morgan fingerprint density at radius 2 is 1.73 bits per heavy atom. The number of anilines is 1. The summed E-state index contributed by atoms with van der Waals surface area (Å²) in [7, 11) is 0. The second-order valence-electron chi connectivity index (χ2n) is 8.86. The lowest BCUT2D eigenvalue weighted by Gasteiger charge is -2.34. The van der Waals surface area contributed by atoms with E-state index in [1.54, 1.807) is 0 Å². The minimum absolute atomic E-state index is 0.0218. The molecule has 4 unspecified atom stereocenters. The number of nitrogens with one attached hydrogen (secondary N) is 1. The fourth-order valence-corrected chi connectivity index (χ4v) is 5.52. The molecule has 1 saturated heterocycles. The van der Waals surface area contributed by atoms with Crippen LogP contribution in [0.15, 0.2) is 12.4 Å². The summed E-state index contributed by atoms with van der Waals surface area (Å²) in [6, 6.07) is 0. The van der Waals surface area contributed by atoms with Crippen molar-refractivity contribution in [3.63, 3.8) is 0 Å². The highest BCUT2D eigenvalue weighted by molar-refractivity contribution is 5.88. The number of aromatic hydroxyl groups is 1. The lowest BCUT2D eigenvalue weighted by Crippen LogP contribution is -2.47. The van der Waals surface area contributed by atoms with E-state index in [4.69, 9.17) is 5.73 Å². The molecule has 0 aromatic carbocycles. The number of aromatic nitrogens is 2. The predicted octanol–water partition coefficient (Wildman–Crippen LogP) is 0.348. The molecule has 0 spiro atoms. The van der Waals surface area contributed by atoms with Crippen LogP contribution in [0.25, 0.3) is 0 Å². The van der Waals surface area contributed by atoms with Crippen molar-refractivity contribution < 1.29 is 14.7 Å². The largest absolute Gasteiger partial charge is 0.505 e. The Kier molecular flexibility index (Phi) is 6.36. The van der Waals surface area contributed by atoms with E-state index in [0.29, 0.717) is 24.3 Å². The smallest absolute Gasteiger partial charge is 0.225 e. The summed E-state index contributed by atoms with van der Waals surface area (Å²) in [6.07, 6.45) is 7.85. The van der Waals surface area contributed by atoms with Crippen LogP contribution in [0.3, 0.4) is 0 Å². The number of nitrogens with two attached hydrogens (primary N) is 1. The van der Waals surface area contributed by atoms with Crippen LogP contribution in [0.1, 0.15) is 32.1 Å². The molecule has 3 fully saturated rings. The lowest BCUT2D eigenvalue weighted by atomic mass is 9.78. The zero-order valence-electron chi connectivity index (χ0n) is 17.4. The molecular weight excluding hydrogens is 384 g/mol. The van der Waals surface area contributed by atoms with Gasteiger partial charge in [0.05, 0.1) is 24.2 Å². The molecular formula is C21H32N6O3. The van der Waals surface area contributed by atoms with E-state index in [9.17, 15) is 14.7 Å². The molecule has 2 aliphatic carbocycles. The molecule has 30 heavy (non-hydrogen) atoms. The average Bonchev–Trinajstić information content (AvgIpc) is 3.36. The van der Waals surface area contributed by atoms with Crippen LogP contribution in [0.2, 0.25) is 0 Å². The minimum atomic E-state index is -0.306. The molecule has 4 N–H and O–H groups in total. The van der Waals surface area contributed by atoms with Crippen LogP contribution in [0.4, 0.5) is 5.95 Å². The standard InChI is InChI=1S/C21H32N6O3/c22-19(29)17-14-3-4-15(11-14)18(17)20(30)23-5-1-2-6-26-7-9-27(10-8-26)21-24-12-16(28)13-25-21/h12-15,17-18,28H,1-11H2,(H2,22,29)(H,23,30).